The molecule has 0 radical (unpaired) electrons. The molecule has 106 valence electrons. The van der Waals surface area contributed by atoms with Crippen molar-refractivity contribution in [3.05, 3.63) is 29.8 Å². The summed E-state index contributed by atoms with van der Waals surface area (Å²) >= 11 is 1.49. The standard InChI is InChI=1S/C14H21NO3S/c1-4-18-13(16)9-19-14(10(2)15)11-6-5-7-12(8-11)17-3/h5-8,10,14H,4,9,15H2,1-3H3. The molecule has 19 heavy (non-hydrogen) atoms. The first-order valence-electron chi connectivity index (χ1n) is 6.25. The second-order valence-electron chi connectivity index (χ2n) is 4.17. The number of carbonyl (C=O) groups excluding carboxylic acids is 1. The predicted molar refractivity (Wildman–Crippen MR) is 78.5 cm³/mol. The topological polar surface area (TPSA) is 61.5 Å². The van der Waals surface area contributed by atoms with Crippen LogP contribution in [0.2, 0.25) is 0 Å². The smallest absolute Gasteiger partial charge is 0.315 e. The zero-order chi connectivity index (χ0) is 14.3. The average Bonchev–Trinajstić information content (AvgIpc) is 2.39. The Balaban J connectivity index is 2.73. The number of benzene rings is 1. The lowest BCUT2D eigenvalue weighted by molar-refractivity contribution is -0.139. The van der Waals surface area contributed by atoms with Crippen LogP contribution >= 0.6 is 11.8 Å². The molecule has 1 rings (SSSR count). The SMILES string of the molecule is CCOC(=O)CSC(c1cccc(OC)c1)C(C)N. The maximum absolute atomic E-state index is 11.4. The van der Waals surface area contributed by atoms with Crippen LogP contribution in [0.15, 0.2) is 24.3 Å². The van der Waals surface area contributed by atoms with Crippen LogP contribution in [-0.2, 0) is 9.53 Å². The van der Waals surface area contributed by atoms with Crippen molar-refractivity contribution >= 4 is 17.7 Å². The third-order valence-electron chi connectivity index (χ3n) is 2.59. The minimum atomic E-state index is -0.207. The Labute approximate surface area is 118 Å². The van der Waals surface area contributed by atoms with Gasteiger partial charge >= 0.3 is 5.97 Å². The first kappa shape index (κ1) is 15.9. The van der Waals surface area contributed by atoms with Crippen molar-refractivity contribution < 1.29 is 14.3 Å². The van der Waals surface area contributed by atoms with E-state index in [4.69, 9.17) is 15.2 Å². The lowest BCUT2D eigenvalue weighted by atomic mass is 10.1. The summed E-state index contributed by atoms with van der Waals surface area (Å²) in [5, 5.41) is 0.0412. The van der Waals surface area contributed by atoms with Crippen molar-refractivity contribution in [2.24, 2.45) is 5.73 Å². The number of nitrogens with two attached hydrogens (primary N) is 1. The summed E-state index contributed by atoms with van der Waals surface area (Å²) in [5.74, 6) is 0.887. The Hall–Kier alpha value is -1.20. The molecule has 0 amide bonds. The molecule has 2 atom stereocenters. The number of hydrogen-bond donors (Lipinski definition) is 1. The molecular formula is C14H21NO3S. The molecule has 1 aromatic rings. The van der Waals surface area contributed by atoms with Crippen molar-refractivity contribution in [2.75, 3.05) is 19.5 Å². The van der Waals surface area contributed by atoms with Crippen LogP contribution in [0, 0.1) is 0 Å². The van der Waals surface area contributed by atoms with E-state index >= 15 is 0 Å². The van der Waals surface area contributed by atoms with Gasteiger partial charge in [-0.1, -0.05) is 12.1 Å². The van der Waals surface area contributed by atoms with Crippen molar-refractivity contribution in [1.82, 2.24) is 0 Å². The fraction of sp³-hybridized carbons (Fsp3) is 0.500. The fourth-order valence-corrected chi connectivity index (χ4v) is 2.77. The maximum Gasteiger partial charge on any atom is 0.315 e. The van der Waals surface area contributed by atoms with Gasteiger partial charge in [0.25, 0.3) is 0 Å². The van der Waals surface area contributed by atoms with E-state index in [0.717, 1.165) is 11.3 Å². The highest BCUT2D eigenvalue weighted by Gasteiger charge is 2.19. The van der Waals surface area contributed by atoms with Crippen molar-refractivity contribution in [3.8, 4) is 5.75 Å². The molecule has 1 aromatic carbocycles. The van der Waals surface area contributed by atoms with Crippen LogP contribution in [0.25, 0.3) is 0 Å². The van der Waals surface area contributed by atoms with Gasteiger partial charge in [-0.25, -0.2) is 0 Å². The first-order chi connectivity index (χ1) is 9.08. The molecule has 0 aliphatic rings. The van der Waals surface area contributed by atoms with Gasteiger partial charge in [0.05, 0.1) is 19.5 Å². The number of ether oxygens (including phenoxy) is 2. The Morgan fingerprint density at radius 2 is 2.21 bits per heavy atom. The summed E-state index contributed by atoms with van der Waals surface area (Å²) in [6.07, 6.45) is 0. The number of carbonyl (C=O) groups is 1. The second kappa shape index (κ2) is 8.07. The number of hydrogen-bond acceptors (Lipinski definition) is 5. The third kappa shape index (κ3) is 5.12. The molecule has 0 aromatic heterocycles. The predicted octanol–water partition coefficient (Wildman–Crippen LogP) is 2.38. The molecular weight excluding hydrogens is 262 g/mol. The van der Waals surface area contributed by atoms with E-state index < -0.39 is 0 Å². The molecule has 0 aliphatic heterocycles. The second-order valence-corrected chi connectivity index (χ2v) is 5.30. The minimum absolute atomic E-state index is 0.0412. The lowest BCUT2D eigenvalue weighted by Gasteiger charge is -2.21. The zero-order valence-corrected chi connectivity index (χ0v) is 12.4. The normalized spacial score (nSPS) is 13.7. The number of esters is 1. The van der Waals surface area contributed by atoms with E-state index in [-0.39, 0.29) is 17.3 Å². The van der Waals surface area contributed by atoms with Gasteiger partial charge in [-0.05, 0) is 31.5 Å². The van der Waals surface area contributed by atoms with Crippen molar-refractivity contribution in [1.29, 1.82) is 0 Å². The van der Waals surface area contributed by atoms with Gasteiger partial charge in [-0.15, -0.1) is 11.8 Å². The van der Waals surface area contributed by atoms with Gasteiger partial charge in [-0.3, -0.25) is 4.79 Å². The van der Waals surface area contributed by atoms with Gasteiger partial charge < -0.3 is 15.2 Å². The summed E-state index contributed by atoms with van der Waals surface area (Å²) in [6.45, 7) is 4.14. The summed E-state index contributed by atoms with van der Waals surface area (Å²) in [4.78, 5) is 11.4. The van der Waals surface area contributed by atoms with Crippen molar-refractivity contribution in [2.45, 2.75) is 25.1 Å². The molecule has 2 N–H and O–H groups in total. The Kier molecular flexibility index (Phi) is 6.73. The molecule has 0 bridgehead atoms. The molecule has 0 saturated heterocycles. The average molecular weight is 283 g/mol. The molecule has 0 saturated carbocycles. The molecule has 0 aliphatic carbocycles. The Morgan fingerprint density at radius 1 is 1.47 bits per heavy atom. The highest BCUT2D eigenvalue weighted by Crippen LogP contribution is 2.33. The van der Waals surface area contributed by atoms with Crippen LogP contribution in [0.4, 0.5) is 0 Å². The number of thioether (sulfide) groups is 1. The van der Waals surface area contributed by atoms with E-state index in [0.29, 0.717) is 12.4 Å². The molecule has 4 nitrogen and oxygen atoms in total. The minimum Gasteiger partial charge on any atom is -0.497 e. The van der Waals surface area contributed by atoms with Crippen LogP contribution in [0.1, 0.15) is 24.7 Å². The largest absolute Gasteiger partial charge is 0.497 e. The van der Waals surface area contributed by atoms with Gasteiger partial charge in [0.1, 0.15) is 5.75 Å². The quantitative estimate of drug-likeness (QED) is 0.778. The Bertz CT molecular complexity index is 409. The van der Waals surface area contributed by atoms with Crippen LogP contribution in [0.3, 0.4) is 0 Å². The van der Waals surface area contributed by atoms with Gasteiger partial charge in [0.15, 0.2) is 0 Å². The van der Waals surface area contributed by atoms with E-state index in [1.54, 1.807) is 14.0 Å². The van der Waals surface area contributed by atoms with Crippen LogP contribution in [-0.4, -0.2) is 31.5 Å². The summed E-state index contributed by atoms with van der Waals surface area (Å²) in [6, 6.07) is 7.69. The summed E-state index contributed by atoms with van der Waals surface area (Å²) < 4.78 is 10.1. The number of rotatable bonds is 7. The molecule has 0 spiro atoms. The molecule has 0 heterocycles. The zero-order valence-electron chi connectivity index (χ0n) is 11.6. The van der Waals surface area contributed by atoms with Crippen LogP contribution < -0.4 is 10.5 Å². The highest BCUT2D eigenvalue weighted by molar-refractivity contribution is 8.00. The van der Waals surface area contributed by atoms with Gasteiger partial charge in [0, 0.05) is 11.3 Å². The van der Waals surface area contributed by atoms with Crippen molar-refractivity contribution in [3.63, 3.8) is 0 Å². The van der Waals surface area contributed by atoms with E-state index in [9.17, 15) is 4.79 Å². The Morgan fingerprint density at radius 3 is 2.79 bits per heavy atom. The summed E-state index contributed by atoms with van der Waals surface area (Å²) in [5.41, 5.74) is 7.07. The van der Waals surface area contributed by atoms with Gasteiger partial charge in [0.2, 0.25) is 0 Å². The van der Waals surface area contributed by atoms with E-state index in [1.165, 1.54) is 11.8 Å². The number of methoxy groups -OCH3 is 1. The van der Waals surface area contributed by atoms with Crippen LogP contribution in [0.5, 0.6) is 5.75 Å². The molecule has 0 fully saturated rings. The lowest BCUT2D eigenvalue weighted by Crippen LogP contribution is -2.24. The highest BCUT2D eigenvalue weighted by atomic mass is 32.2. The molecule has 2 unspecified atom stereocenters. The third-order valence-corrected chi connectivity index (χ3v) is 4.05. The summed E-state index contributed by atoms with van der Waals surface area (Å²) in [7, 11) is 1.63. The first-order valence-corrected chi connectivity index (χ1v) is 7.30. The maximum atomic E-state index is 11.4. The van der Waals surface area contributed by atoms with E-state index in [1.807, 2.05) is 31.2 Å². The fourth-order valence-electron chi connectivity index (χ4n) is 1.73. The monoisotopic (exact) mass is 283 g/mol. The molecule has 5 heteroatoms. The van der Waals surface area contributed by atoms with Gasteiger partial charge in [-0.2, -0.15) is 0 Å². The van der Waals surface area contributed by atoms with E-state index in [2.05, 4.69) is 0 Å².